The van der Waals surface area contributed by atoms with Gasteiger partial charge in [-0.1, -0.05) is 53.9 Å². The minimum absolute atomic E-state index is 0. The van der Waals surface area contributed by atoms with Gasteiger partial charge < -0.3 is 22.3 Å². The summed E-state index contributed by atoms with van der Waals surface area (Å²) >= 11 is 0. The molecular weight excluding hydrogens is 421 g/mol. The smallest absolute Gasteiger partial charge is 0.0606 e. The minimum atomic E-state index is -0.646. The summed E-state index contributed by atoms with van der Waals surface area (Å²) in [7, 11) is -0.646. The van der Waals surface area contributed by atoms with Gasteiger partial charge in [0.05, 0.1) is 24.6 Å². The second kappa shape index (κ2) is 18.7. The van der Waals surface area contributed by atoms with E-state index in [9.17, 15) is 0 Å². The van der Waals surface area contributed by atoms with E-state index >= 15 is 0 Å². The van der Waals surface area contributed by atoms with E-state index in [1.165, 1.54) is 51.5 Å². The molecule has 0 rings (SSSR count). The molecule has 0 unspecified atom stereocenters. The lowest BCUT2D eigenvalue weighted by Gasteiger charge is -2.28. The van der Waals surface area contributed by atoms with E-state index in [-0.39, 0.29) is 34.0 Å². The predicted octanol–water partition coefficient (Wildman–Crippen LogP) is 3.37. The highest BCUT2D eigenvalue weighted by Gasteiger charge is 2.34. The third-order valence-electron chi connectivity index (χ3n) is 4.32. The molecule has 0 saturated carbocycles. The highest BCUT2D eigenvalue weighted by atomic mass is 79.9. The van der Waals surface area contributed by atoms with E-state index in [4.69, 9.17) is 0 Å². The van der Waals surface area contributed by atoms with E-state index in [1.54, 1.807) is 24.6 Å². The first kappa shape index (κ1) is 28.2. The molecule has 4 heteroatoms. The molecule has 0 aromatic heterocycles. The molecule has 0 aliphatic carbocycles. The molecule has 0 aliphatic rings. The molecule has 138 valence electrons. The largest absolute Gasteiger partial charge is 1.00 e. The molecule has 0 amide bonds. The van der Waals surface area contributed by atoms with Gasteiger partial charge in [0, 0.05) is 13.3 Å². The van der Waals surface area contributed by atoms with E-state index < -0.39 is 7.26 Å². The summed E-state index contributed by atoms with van der Waals surface area (Å²) in [4.78, 5) is 0. The summed E-state index contributed by atoms with van der Waals surface area (Å²) in [6.45, 7) is 12.8. The molecule has 0 aliphatic heterocycles. The Bertz CT molecular complexity index is 191. The standard InChI is InChI=1S/C18H41NP.2BrH/c1-6-9-14-20(15-10-7-2,16-11-8-3)17-12-13-19-18(4)5;;/h18-19H,6-17H2,1-5H3;2*1H/q+1;;/p-1. The summed E-state index contributed by atoms with van der Waals surface area (Å²) in [6.07, 6.45) is 16.2. The van der Waals surface area contributed by atoms with Gasteiger partial charge >= 0.3 is 0 Å². The Kier molecular flexibility index (Phi) is 23.9. The quantitative estimate of drug-likeness (QED) is 0.308. The minimum Gasteiger partial charge on any atom is -1.00 e. The first-order chi connectivity index (χ1) is 9.60. The SMILES string of the molecule is Br.CCCC[P+](CCCC)(CCCC)CCCNC(C)C.[Br-]. The van der Waals surface area contributed by atoms with Crippen molar-refractivity contribution in [3.05, 3.63) is 0 Å². The fourth-order valence-electron chi connectivity index (χ4n) is 2.96. The van der Waals surface area contributed by atoms with Crippen molar-refractivity contribution in [1.82, 2.24) is 5.32 Å². The summed E-state index contributed by atoms with van der Waals surface area (Å²) in [5, 5.41) is 3.60. The Morgan fingerprint density at radius 3 is 1.41 bits per heavy atom. The van der Waals surface area contributed by atoms with Crippen LogP contribution in [0.15, 0.2) is 0 Å². The third kappa shape index (κ3) is 14.9. The van der Waals surface area contributed by atoms with Crippen LogP contribution in [0, 0.1) is 0 Å². The van der Waals surface area contributed by atoms with E-state index in [1.807, 2.05) is 0 Å². The fourth-order valence-corrected chi connectivity index (χ4v) is 8.09. The molecule has 0 aromatic rings. The van der Waals surface area contributed by atoms with E-state index in [0.29, 0.717) is 6.04 Å². The van der Waals surface area contributed by atoms with Crippen molar-refractivity contribution in [2.45, 2.75) is 85.6 Å². The van der Waals surface area contributed by atoms with Crippen LogP contribution < -0.4 is 22.3 Å². The van der Waals surface area contributed by atoms with Gasteiger partial charge in [0.25, 0.3) is 0 Å². The van der Waals surface area contributed by atoms with Crippen LogP contribution >= 0.6 is 24.2 Å². The van der Waals surface area contributed by atoms with Gasteiger partial charge in [-0.25, -0.2) is 0 Å². The fraction of sp³-hybridized carbons (Fsp3) is 1.00. The average Bonchev–Trinajstić information content (AvgIpc) is 2.44. The van der Waals surface area contributed by atoms with Crippen molar-refractivity contribution in [3.63, 3.8) is 0 Å². The Labute approximate surface area is 163 Å². The predicted molar refractivity (Wildman–Crippen MR) is 109 cm³/mol. The normalized spacial score (nSPS) is 11.2. The molecule has 0 radical (unpaired) electrons. The van der Waals surface area contributed by atoms with Gasteiger partial charge in [0.15, 0.2) is 0 Å². The Balaban J connectivity index is -0.00000180. The number of halogens is 2. The van der Waals surface area contributed by atoms with Gasteiger partial charge in [-0.15, -0.1) is 17.0 Å². The van der Waals surface area contributed by atoms with Gasteiger partial charge in [-0.2, -0.15) is 0 Å². The van der Waals surface area contributed by atoms with Crippen molar-refractivity contribution in [1.29, 1.82) is 0 Å². The molecule has 0 fully saturated rings. The topological polar surface area (TPSA) is 12.0 Å². The summed E-state index contributed by atoms with van der Waals surface area (Å²) in [6, 6.07) is 0.643. The molecule has 0 spiro atoms. The number of hydrogen-bond acceptors (Lipinski definition) is 1. The maximum absolute atomic E-state index is 3.60. The number of rotatable bonds is 14. The maximum atomic E-state index is 3.60. The summed E-state index contributed by atoms with van der Waals surface area (Å²) < 4.78 is 0. The number of nitrogens with one attached hydrogen (secondary N) is 1. The first-order valence-electron chi connectivity index (χ1n) is 9.18. The monoisotopic (exact) mass is 461 g/mol. The van der Waals surface area contributed by atoms with Crippen molar-refractivity contribution in [3.8, 4) is 0 Å². The van der Waals surface area contributed by atoms with Crippen LogP contribution in [0.2, 0.25) is 0 Å². The van der Waals surface area contributed by atoms with Crippen molar-refractivity contribution >= 4 is 24.2 Å². The van der Waals surface area contributed by atoms with Crippen LogP contribution in [0.1, 0.15) is 79.6 Å². The summed E-state index contributed by atoms with van der Waals surface area (Å²) in [5.74, 6) is 0. The van der Waals surface area contributed by atoms with Gasteiger partial charge in [0.1, 0.15) is 0 Å². The highest BCUT2D eigenvalue weighted by Crippen LogP contribution is 2.61. The van der Waals surface area contributed by atoms with E-state index in [0.717, 1.165) is 0 Å². The van der Waals surface area contributed by atoms with Gasteiger partial charge in [-0.05, 0) is 32.2 Å². The van der Waals surface area contributed by atoms with Gasteiger partial charge in [0.2, 0.25) is 0 Å². The van der Waals surface area contributed by atoms with Crippen molar-refractivity contribution in [2.75, 3.05) is 31.2 Å². The molecule has 0 atom stereocenters. The number of unbranched alkanes of at least 4 members (excludes halogenated alkanes) is 3. The van der Waals surface area contributed by atoms with Crippen LogP contribution in [0.5, 0.6) is 0 Å². The molecule has 22 heavy (non-hydrogen) atoms. The molecule has 0 saturated heterocycles. The van der Waals surface area contributed by atoms with Crippen LogP contribution in [-0.2, 0) is 0 Å². The zero-order valence-electron chi connectivity index (χ0n) is 15.8. The lowest BCUT2D eigenvalue weighted by atomic mass is 10.4. The van der Waals surface area contributed by atoms with Crippen LogP contribution in [0.25, 0.3) is 0 Å². The van der Waals surface area contributed by atoms with Crippen molar-refractivity contribution < 1.29 is 17.0 Å². The summed E-state index contributed by atoms with van der Waals surface area (Å²) in [5.41, 5.74) is 0. The molecule has 1 N–H and O–H groups in total. The molecular formula is C18H42Br2NP. The molecule has 0 bridgehead atoms. The van der Waals surface area contributed by atoms with Crippen LogP contribution in [-0.4, -0.2) is 37.2 Å². The zero-order valence-corrected chi connectivity index (χ0v) is 20.0. The lowest BCUT2D eigenvalue weighted by molar-refractivity contribution is -0.00000499. The Morgan fingerprint density at radius 1 is 0.727 bits per heavy atom. The Hall–Kier alpha value is 1.35. The van der Waals surface area contributed by atoms with Crippen molar-refractivity contribution in [2.24, 2.45) is 0 Å². The number of hydrogen-bond donors (Lipinski definition) is 1. The average molecular weight is 463 g/mol. The highest BCUT2D eigenvalue weighted by molar-refractivity contribution is 8.93. The van der Waals surface area contributed by atoms with Crippen LogP contribution in [0.4, 0.5) is 0 Å². The van der Waals surface area contributed by atoms with E-state index in [2.05, 4.69) is 39.9 Å². The second-order valence-electron chi connectivity index (χ2n) is 6.76. The molecule has 0 heterocycles. The molecule has 0 aromatic carbocycles. The second-order valence-corrected chi connectivity index (χ2v) is 11.2. The lowest BCUT2D eigenvalue weighted by Crippen LogP contribution is -3.00. The van der Waals surface area contributed by atoms with Crippen LogP contribution in [0.3, 0.4) is 0 Å². The Morgan fingerprint density at radius 2 is 1.09 bits per heavy atom. The van der Waals surface area contributed by atoms with Gasteiger partial charge in [-0.3, -0.25) is 0 Å². The first-order valence-corrected chi connectivity index (χ1v) is 11.7. The maximum Gasteiger partial charge on any atom is 0.0606 e. The zero-order chi connectivity index (χ0) is 15.3. The molecule has 1 nitrogen and oxygen atoms in total. The third-order valence-corrected chi connectivity index (χ3v) is 9.38.